The van der Waals surface area contributed by atoms with Crippen LogP contribution in [0.2, 0.25) is 5.02 Å². The van der Waals surface area contributed by atoms with Gasteiger partial charge in [0, 0.05) is 18.7 Å². The van der Waals surface area contributed by atoms with E-state index in [0.717, 1.165) is 34.6 Å². The van der Waals surface area contributed by atoms with Crippen molar-refractivity contribution in [3.8, 4) is 0 Å². The maximum absolute atomic E-state index is 13.2. The molecule has 2 aromatic rings. The number of halogens is 2. The zero-order valence-electron chi connectivity index (χ0n) is 11.9. The van der Waals surface area contributed by atoms with Gasteiger partial charge in [0.25, 0.3) is 15.7 Å². The molecule has 0 amide bonds. The zero-order chi connectivity index (χ0) is 17.2. The molecule has 0 heterocycles. The molecule has 0 spiro atoms. The summed E-state index contributed by atoms with van der Waals surface area (Å²) in [7, 11) is -3.95. The number of anilines is 1. The second-order valence-electron chi connectivity index (χ2n) is 4.52. The molecule has 0 unspecified atom stereocenters. The third-order valence-electron chi connectivity index (χ3n) is 3.11. The van der Waals surface area contributed by atoms with E-state index in [-0.39, 0.29) is 27.8 Å². The SMILES string of the molecule is CCN(c1ccc(F)c(Cl)c1)S(=O)(=O)c1ccc([N+](=O)[O-])cc1. The fourth-order valence-corrected chi connectivity index (χ4v) is 3.64. The molecule has 0 aliphatic rings. The Kier molecular flexibility index (Phi) is 4.86. The molecule has 0 aliphatic heterocycles. The van der Waals surface area contributed by atoms with Gasteiger partial charge in [0.15, 0.2) is 0 Å². The predicted molar refractivity (Wildman–Crippen MR) is 84.7 cm³/mol. The van der Waals surface area contributed by atoms with Crippen LogP contribution in [0.4, 0.5) is 15.8 Å². The summed E-state index contributed by atoms with van der Waals surface area (Å²) < 4.78 is 39.6. The Morgan fingerprint density at radius 3 is 2.30 bits per heavy atom. The van der Waals surface area contributed by atoms with Crippen molar-refractivity contribution in [3.63, 3.8) is 0 Å². The molecule has 6 nitrogen and oxygen atoms in total. The molecule has 9 heteroatoms. The average molecular weight is 359 g/mol. The minimum Gasteiger partial charge on any atom is -0.267 e. The number of nitrogens with zero attached hydrogens (tertiary/aromatic N) is 2. The van der Waals surface area contributed by atoms with Crippen molar-refractivity contribution in [1.82, 2.24) is 0 Å². The fraction of sp³-hybridized carbons (Fsp3) is 0.143. The first-order chi connectivity index (χ1) is 10.8. The van der Waals surface area contributed by atoms with E-state index in [2.05, 4.69) is 0 Å². The molecule has 0 aliphatic carbocycles. The van der Waals surface area contributed by atoms with Crippen molar-refractivity contribution in [3.05, 3.63) is 63.4 Å². The van der Waals surface area contributed by atoms with Gasteiger partial charge in [0.1, 0.15) is 5.82 Å². The van der Waals surface area contributed by atoms with E-state index < -0.39 is 20.8 Å². The van der Waals surface area contributed by atoms with E-state index >= 15 is 0 Å². The van der Waals surface area contributed by atoms with Gasteiger partial charge in [-0.2, -0.15) is 0 Å². The molecular formula is C14H12ClFN2O4S. The molecule has 2 aromatic carbocycles. The first-order valence-electron chi connectivity index (χ1n) is 6.49. The highest BCUT2D eigenvalue weighted by Crippen LogP contribution is 2.28. The summed E-state index contributed by atoms with van der Waals surface area (Å²) in [4.78, 5) is 9.91. The molecule has 0 radical (unpaired) electrons. The van der Waals surface area contributed by atoms with Gasteiger partial charge >= 0.3 is 0 Å². The summed E-state index contributed by atoms with van der Waals surface area (Å²) in [5, 5.41) is 10.4. The summed E-state index contributed by atoms with van der Waals surface area (Å²) in [6.45, 7) is 1.70. The summed E-state index contributed by atoms with van der Waals surface area (Å²) in [5.74, 6) is -0.654. The number of hydrogen-bond donors (Lipinski definition) is 0. The van der Waals surface area contributed by atoms with Crippen molar-refractivity contribution >= 4 is 33.0 Å². The van der Waals surface area contributed by atoms with Gasteiger partial charge in [-0.05, 0) is 37.3 Å². The number of rotatable bonds is 5. The lowest BCUT2D eigenvalue weighted by molar-refractivity contribution is -0.384. The van der Waals surface area contributed by atoms with Gasteiger partial charge in [-0.1, -0.05) is 11.6 Å². The highest BCUT2D eigenvalue weighted by molar-refractivity contribution is 7.92. The second kappa shape index (κ2) is 6.51. The van der Waals surface area contributed by atoms with E-state index in [1.165, 1.54) is 12.1 Å². The van der Waals surface area contributed by atoms with Crippen LogP contribution in [0.15, 0.2) is 47.4 Å². The standard InChI is InChI=1S/C14H12ClFN2O4S/c1-2-17(11-5-8-14(16)13(15)9-11)23(21,22)12-6-3-10(4-7-12)18(19)20/h3-9H,2H2,1H3. The van der Waals surface area contributed by atoms with Gasteiger partial charge in [0.05, 0.1) is 20.5 Å². The maximum Gasteiger partial charge on any atom is 0.269 e. The number of nitro groups is 1. The summed E-state index contributed by atoms with van der Waals surface area (Å²) in [6, 6.07) is 8.11. The monoisotopic (exact) mass is 358 g/mol. The van der Waals surface area contributed by atoms with Crippen LogP contribution in [0.3, 0.4) is 0 Å². The lowest BCUT2D eigenvalue weighted by Gasteiger charge is -2.23. The first-order valence-corrected chi connectivity index (χ1v) is 8.31. The Hall–Kier alpha value is -2.19. The molecular weight excluding hydrogens is 347 g/mol. The quantitative estimate of drug-likeness (QED) is 0.604. The van der Waals surface area contributed by atoms with Gasteiger partial charge in [-0.25, -0.2) is 12.8 Å². The summed E-state index contributed by atoms with van der Waals surface area (Å²) in [6.07, 6.45) is 0. The van der Waals surface area contributed by atoms with Crippen molar-refractivity contribution in [1.29, 1.82) is 0 Å². The lowest BCUT2D eigenvalue weighted by Crippen LogP contribution is -2.30. The summed E-state index contributed by atoms with van der Waals surface area (Å²) >= 11 is 5.70. The molecule has 122 valence electrons. The third-order valence-corrected chi connectivity index (χ3v) is 5.32. The molecule has 0 N–H and O–H groups in total. The molecule has 0 aromatic heterocycles. The Morgan fingerprint density at radius 2 is 1.83 bits per heavy atom. The highest BCUT2D eigenvalue weighted by atomic mass is 35.5. The largest absolute Gasteiger partial charge is 0.269 e. The van der Waals surface area contributed by atoms with E-state index in [0.29, 0.717) is 0 Å². The molecule has 0 bridgehead atoms. The van der Waals surface area contributed by atoms with Crippen LogP contribution in [0.25, 0.3) is 0 Å². The first kappa shape index (κ1) is 17.2. The Morgan fingerprint density at radius 1 is 1.22 bits per heavy atom. The molecule has 23 heavy (non-hydrogen) atoms. The number of hydrogen-bond acceptors (Lipinski definition) is 4. The Bertz CT molecular complexity index is 840. The fourth-order valence-electron chi connectivity index (χ4n) is 2.00. The lowest BCUT2D eigenvalue weighted by atomic mass is 10.3. The van der Waals surface area contributed by atoms with E-state index in [4.69, 9.17) is 11.6 Å². The van der Waals surface area contributed by atoms with Crippen LogP contribution < -0.4 is 4.31 Å². The normalized spacial score (nSPS) is 11.3. The number of non-ortho nitro benzene ring substituents is 1. The minimum absolute atomic E-state index is 0.0846. The van der Waals surface area contributed by atoms with Crippen LogP contribution in [0.1, 0.15) is 6.92 Å². The van der Waals surface area contributed by atoms with Crippen LogP contribution in [-0.2, 0) is 10.0 Å². The smallest absolute Gasteiger partial charge is 0.267 e. The van der Waals surface area contributed by atoms with E-state index in [9.17, 15) is 22.9 Å². The maximum atomic E-state index is 13.2. The van der Waals surface area contributed by atoms with Crippen molar-refractivity contribution in [2.45, 2.75) is 11.8 Å². The van der Waals surface area contributed by atoms with Crippen molar-refractivity contribution in [2.75, 3.05) is 10.8 Å². The van der Waals surface area contributed by atoms with E-state index in [1.54, 1.807) is 6.92 Å². The second-order valence-corrected chi connectivity index (χ2v) is 6.79. The van der Waals surface area contributed by atoms with Gasteiger partial charge in [0.2, 0.25) is 0 Å². The average Bonchev–Trinajstić information content (AvgIpc) is 2.51. The number of sulfonamides is 1. The molecule has 2 rings (SSSR count). The predicted octanol–water partition coefficient (Wildman–Crippen LogP) is 3.60. The number of benzene rings is 2. The van der Waals surface area contributed by atoms with Gasteiger partial charge in [-0.3, -0.25) is 14.4 Å². The Balaban J connectivity index is 2.46. The third kappa shape index (κ3) is 3.43. The zero-order valence-corrected chi connectivity index (χ0v) is 13.5. The van der Waals surface area contributed by atoms with E-state index in [1.807, 2.05) is 0 Å². The Labute approximate surface area is 137 Å². The molecule has 0 atom stereocenters. The molecule has 0 saturated heterocycles. The van der Waals surface area contributed by atoms with Crippen LogP contribution in [0, 0.1) is 15.9 Å². The van der Waals surface area contributed by atoms with Crippen LogP contribution in [-0.4, -0.2) is 19.9 Å². The molecule has 0 fully saturated rings. The van der Waals surface area contributed by atoms with Crippen molar-refractivity contribution in [2.24, 2.45) is 0 Å². The van der Waals surface area contributed by atoms with Crippen molar-refractivity contribution < 1.29 is 17.7 Å². The molecule has 0 saturated carbocycles. The van der Waals surface area contributed by atoms with Gasteiger partial charge < -0.3 is 0 Å². The topological polar surface area (TPSA) is 80.5 Å². The minimum atomic E-state index is -3.95. The highest BCUT2D eigenvalue weighted by Gasteiger charge is 2.24. The summed E-state index contributed by atoms with van der Waals surface area (Å²) in [5.41, 5.74) is -0.00548. The van der Waals surface area contributed by atoms with Gasteiger partial charge in [-0.15, -0.1) is 0 Å². The van der Waals surface area contributed by atoms with Crippen LogP contribution >= 0.6 is 11.6 Å². The van der Waals surface area contributed by atoms with Crippen LogP contribution in [0.5, 0.6) is 0 Å². The number of nitro benzene ring substituents is 1.